The summed E-state index contributed by atoms with van der Waals surface area (Å²) in [5, 5.41) is 13.7. The fourth-order valence-corrected chi connectivity index (χ4v) is 1.27. The van der Waals surface area contributed by atoms with Gasteiger partial charge in [-0.15, -0.1) is 0 Å². The predicted molar refractivity (Wildman–Crippen MR) is 59.1 cm³/mol. The number of aromatic nitrogens is 1. The van der Waals surface area contributed by atoms with Gasteiger partial charge in [-0.1, -0.05) is 5.16 Å². The molecule has 1 aromatic rings. The zero-order chi connectivity index (χ0) is 12.8. The molecule has 0 aliphatic rings. The van der Waals surface area contributed by atoms with Gasteiger partial charge in [0, 0.05) is 18.7 Å². The van der Waals surface area contributed by atoms with Crippen molar-refractivity contribution in [2.45, 2.75) is 19.4 Å². The number of hydrogen-bond acceptors (Lipinski definition) is 4. The highest BCUT2D eigenvalue weighted by Gasteiger charge is 2.14. The lowest BCUT2D eigenvalue weighted by molar-refractivity contribution is 0.0937. The Balaban J connectivity index is 2.64. The Morgan fingerprint density at radius 3 is 3.06 bits per heavy atom. The van der Waals surface area contributed by atoms with Gasteiger partial charge in [-0.25, -0.2) is 4.39 Å². The summed E-state index contributed by atoms with van der Waals surface area (Å²) in [4.78, 5) is 15.2. The zero-order valence-corrected chi connectivity index (χ0v) is 9.22. The van der Waals surface area contributed by atoms with Gasteiger partial charge in [0.1, 0.15) is 5.84 Å². The number of rotatable bonds is 4. The molecular weight excluding hydrogens is 227 g/mol. The highest BCUT2D eigenvalue weighted by atomic mass is 19.1. The average molecular weight is 240 g/mol. The molecule has 0 saturated carbocycles. The van der Waals surface area contributed by atoms with Crippen LogP contribution in [0.3, 0.4) is 0 Å². The second-order valence-corrected chi connectivity index (χ2v) is 3.53. The van der Waals surface area contributed by atoms with Crippen molar-refractivity contribution in [2.75, 3.05) is 0 Å². The molecule has 0 aliphatic heterocycles. The molecule has 0 aliphatic carbocycles. The molecule has 4 N–H and O–H groups in total. The molecule has 6 nitrogen and oxygen atoms in total. The van der Waals surface area contributed by atoms with E-state index in [4.69, 9.17) is 10.9 Å². The number of pyridine rings is 1. The summed E-state index contributed by atoms with van der Waals surface area (Å²) in [6.45, 7) is 1.66. The fourth-order valence-electron chi connectivity index (χ4n) is 1.27. The van der Waals surface area contributed by atoms with Crippen molar-refractivity contribution < 1.29 is 14.4 Å². The number of carbonyl (C=O) groups is 1. The van der Waals surface area contributed by atoms with Crippen molar-refractivity contribution in [3.63, 3.8) is 0 Å². The summed E-state index contributed by atoms with van der Waals surface area (Å²) in [7, 11) is 0. The third kappa shape index (κ3) is 3.71. The van der Waals surface area contributed by atoms with Gasteiger partial charge >= 0.3 is 0 Å². The summed E-state index contributed by atoms with van der Waals surface area (Å²) in [5.74, 6) is -1.27. The molecule has 1 atom stereocenters. The molecule has 0 aromatic carbocycles. The number of nitrogens with two attached hydrogens (primary N) is 1. The summed E-state index contributed by atoms with van der Waals surface area (Å²) >= 11 is 0. The number of hydrogen-bond donors (Lipinski definition) is 3. The molecule has 1 amide bonds. The first kappa shape index (κ1) is 12.9. The number of oxime groups is 1. The summed E-state index contributed by atoms with van der Waals surface area (Å²) in [5.41, 5.74) is 5.19. The minimum absolute atomic E-state index is 0.00648. The molecule has 1 unspecified atom stereocenters. The van der Waals surface area contributed by atoms with E-state index < -0.39 is 11.7 Å². The van der Waals surface area contributed by atoms with Crippen LogP contribution < -0.4 is 11.1 Å². The first-order valence-electron chi connectivity index (χ1n) is 4.91. The lowest BCUT2D eigenvalue weighted by Gasteiger charge is -2.12. The summed E-state index contributed by atoms with van der Waals surface area (Å²) in [6.07, 6.45) is 2.46. The third-order valence-corrected chi connectivity index (χ3v) is 2.04. The first-order chi connectivity index (χ1) is 8.04. The van der Waals surface area contributed by atoms with Gasteiger partial charge in [0.2, 0.25) is 0 Å². The average Bonchev–Trinajstić information content (AvgIpc) is 2.29. The largest absolute Gasteiger partial charge is 0.409 e. The molecule has 0 fully saturated rings. The lowest BCUT2D eigenvalue weighted by Crippen LogP contribution is -2.36. The molecule has 1 rings (SSSR count). The Morgan fingerprint density at radius 1 is 1.76 bits per heavy atom. The van der Waals surface area contributed by atoms with Crippen LogP contribution in [0.15, 0.2) is 23.6 Å². The number of nitrogens with zero attached hydrogens (tertiary/aromatic N) is 2. The zero-order valence-electron chi connectivity index (χ0n) is 9.22. The van der Waals surface area contributed by atoms with E-state index in [1.807, 2.05) is 0 Å². The highest BCUT2D eigenvalue weighted by molar-refractivity contribution is 5.94. The smallest absolute Gasteiger partial charge is 0.254 e. The maximum atomic E-state index is 13.2. The number of carbonyl (C=O) groups excluding carboxylic acids is 1. The van der Waals surface area contributed by atoms with Crippen LogP contribution in [0.1, 0.15) is 23.7 Å². The monoisotopic (exact) mass is 240 g/mol. The highest BCUT2D eigenvalue weighted by Crippen LogP contribution is 2.05. The van der Waals surface area contributed by atoms with E-state index in [2.05, 4.69) is 15.5 Å². The van der Waals surface area contributed by atoms with Gasteiger partial charge in [0.05, 0.1) is 11.8 Å². The van der Waals surface area contributed by atoms with Crippen LogP contribution in [-0.2, 0) is 0 Å². The Kier molecular flexibility index (Phi) is 4.38. The van der Waals surface area contributed by atoms with E-state index in [0.29, 0.717) is 0 Å². The van der Waals surface area contributed by atoms with Gasteiger partial charge in [0.25, 0.3) is 5.91 Å². The van der Waals surface area contributed by atoms with Crippen LogP contribution in [0.25, 0.3) is 0 Å². The molecule has 1 aromatic heterocycles. The van der Waals surface area contributed by atoms with Gasteiger partial charge < -0.3 is 16.3 Å². The van der Waals surface area contributed by atoms with Gasteiger partial charge in [-0.05, 0) is 13.0 Å². The molecule has 0 bridgehead atoms. The van der Waals surface area contributed by atoms with Crippen molar-refractivity contribution >= 4 is 11.7 Å². The number of amides is 1. The van der Waals surface area contributed by atoms with Crippen LogP contribution in [0.2, 0.25) is 0 Å². The van der Waals surface area contributed by atoms with Gasteiger partial charge in [-0.2, -0.15) is 0 Å². The molecule has 0 saturated heterocycles. The molecule has 7 heteroatoms. The minimum atomic E-state index is -0.694. The Bertz CT molecular complexity index is 436. The number of nitrogens with one attached hydrogen (secondary N) is 1. The van der Waals surface area contributed by atoms with E-state index in [-0.39, 0.29) is 23.9 Å². The Morgan fingerprint density at radius 2 is 2.47 bits per heavy atom. The van der Waals surface area contributed by atoms with Crippen LogP contribution in [0.5, 0.6) is 0 Å². The topological polar surface area (TPSA) is 101 Å². The number of halogens is 1. The molecular formula is C10H13FN4O2. The van der Waals surface area contributed by atoms with Crippen molar-refractivity contribution in [1.82, 2.24) is 10.3 Å². The van der Waals surface area contributed by atoms with E-state index in [1.54, 1.807) is 6.92 Å². The minimum Gasteiger partial charge on any atom is -0.409 e. The van der Waals surface area contributed by atoms with Crippen molar-refractivity contribution in [1.29, 1.82) is 0 Å². The third-order valence-electron chi connectivity index (χ3n) is 2.04. The van der Waals surface area contributed by atoms with Crippen LogP contribution >= 0.6 is 0 Å². The normalized spacial score (nSPS) is 13.2. The Labute approximate surface area is 97.3 Å². The standard InChI is InChI=1S/C10H13FN4O2/c1-6(4-9(12)15-17)14-10(16)7-2-3-13-5-8(7)11/h2-3,5-6,17H,4H2,1H3,(H2,12,15)(H,14,16). The summed E-state index contributed by atoms with van der Waals surface area (Å²) in [6, 6.07) is 0.909. The molecule has 0 radical (unpaired) electrons. The fraction of sp³-hybridized carbons (Fsp3) is 0.300. The molecule has 1 heterocycles. The quantitative estimate of drug-likeness (QED) is 0.308. The van der Waals surface area contributed by atoms with E-state index in [9.17, 15) is 9.18 Å². The van der Waals surface area contributed by atoms with Crippen molar-refractivity contribution in [2.24, 2.45) is 10.9 Å². The maximum Gasteiger partial charge on any atom is 0.254 e. The number of amidine groups is 1. The molecule has 0 spiro atoms. The van der Waals surface area contributed by atoms with Crippen LogP contribution in [0.4, 0.5) is 4.39 Å². The summed E-state index contributed by atoms with van der Waals surface area (Å²) < 4.78 is 13.2. The maximum absolute atomic E-state index is 13.2. The second kappa shape index (κ2) is 5.78. The van der Waals surface area contributed by atoms with Gasteiger partial charge in [0.15, 0.2) is 5.82 Å². The van der Waals surface area contributed by atoms with Crippen molar-refractivity contribution in [3.05, 3.63) is 29.8 Å². The Hall–Kier alpha value is -2.18. The van der Waals surface area contributed by atoms with Crippen molar-refractivity contribution in [3.8, 4) is 0 Å². The van der Waals surface area contributed by atoms with E-state index >= 15 is 0 Å². The second-order valence-electron chi connectivity index (χ2n) is 3.53. The first-order valence-corrected chi connectivity index (χ1v) is 4.91. The van der Waals surface area contributed by atoms with Gasteiger partial charge in [-0.3, -0.25) is 9.78 Å². The lowest BCUT2D eigenvalue weighted by atomic mass is 10.2. The van der Waals surface area contributed by atoms with E-state index in [0.717, 1.165) is 6.20 Å². The SMILES string of the molecule is CC(CC(N)=NO)NC(=O)c1ccncc1F. The van der Waals surface area contributed by atoms with Crippen LogP contribution in [-0.4, -0.2) is 28.0 Å². The molecule has 92 valence electrons. The van der Waals surface area contributed by atoms with E-state index in [1.165, 1.54) is 12.3 Å². The van der Waals surface area contributed by atoms with Crippen LogP contribution in [0, 0.1) is 5.82 Å². The predicted octanol–water partition coefficient (Wildman–Crippen LogP) is 0.475. The molecule has 17 heavy (non-hydrogen) atoms.